The Morgan fingerprint density at radius 1 is 1.32 bits per heavy atom. The molecule has 118 valence electrons. The lowest BCUT2D eigenvalue weighted by Crippen LogP contribution is -2.18. The molecule has 1 aromatic carbocycles. The van der Waals surface area contributed by atoms with Crippen molar-refractivity contribution in [3.8, 4) is 11.5 Å². The minimum absolute atomic E-state index is 0.217. The van der Waals surface area contributed by atoms with E-state index < -0.39 is 11.5 Å². The van der Waals surface area contributed by atoms with Gasteiger partial charge < -0.3 is 13.9 Å². The van der Waals surface area contributed by atoms with E-state index in [1.54, 1.807) is 23.7 Å². The largest absolute Gasteiger partial charge is 0.497 e. The van der Waals surface area contributed by atoms with Crippen LogP contribution < -0.4 is 20.6 Å². The van der Waals surface area contributed by atoms with E-state index in [-0.39, 0.29) is 6.42 Å². The number of methoxy groups -OCH3 is 1. The monoisotopic (exact) mass is 307 g/mol. The fraction of sp³-hybridized carbons (Fsp3) is 0.333. The standard InChI is InChI=1S/C15H17NO6/c1-20-10-5-6-11-12(9-15(18)22-13(11)8-10)21-7-3-2-4-14(17)16-19/h5-6,8-9,19H,2-4,7H2,1H3,(H,16,17). The normalized spacial score (nSPS) is 10.5. The maximum atomic E-state index is 11.6. The van der Waals surface area contributed by atoms with Gasteiger partial charge in [-0.1, -0.05) is 0 Å². The minimum Gasteiger partial charge on any atom is -0.497 e. The van der Waals surface area contributed by atoms with Gasteiger partial charge in [0.25, 0.3) is 0 Å². The number of unbranched alkanes of at least 4 members (excludes halogenated alkanes) is 1. The molecule has 22 heavy (non-hydrogen) atoms. The molecule has 0 radical (unpaired) electrons. The summed E-state index contributed by atoms with van der Waals surface area (Å²) in [6, 6.07) is 6.41. The van der Waals surface area contributed by atoms with Gasteiger partial charge in [-0.2, -0.15) is 0 Å². The van der Waals surface area contributed by atoms with Gasteiger partial charge in [0.1, 0.15) is 17.1 Å². The van der Waals surface area contributed by atoms with E-state index in [0.29, 0.717) is 41.9 Å². The molecule has 7 heteroatoms. The van der Waals surface area contributed by atoms with E-state index in [4.69, 9.17) is 19.1 Å². The van der Waals surface area contributed by atoms with Crippen LogP contribution in [0.5, 0.6) is 11.5 Å². The van der Waals surface area contributed by atoms with Crippen molar-refractivity contribution in [2.75, 3.05) is 13.7 Å². The summed E-state index contributed by atoms with van der Waals surface area (Å²) in [5.74, 6) is 0.584. The molecule has 1 amide bonds. The Balaban J connectivity index is 2.04. The summed E-state index contributed by atoms with van der Waals surface area (Å²) < 4.78 is 15.8. The molecule has 0 atom stereocenters. The second-order valence-corrected chi connectivity index (χ2v) is 4.63. The minimum atomic E-state index is -0.504. The third-order valence-corrected chi connectivity index (χ3v) is 3.09. The number of carbonyl (C=O) groups is 1. The molecule has 0 bridgehead atoms. The Bertz CT molecular complexity index is 709. The van der Waals surface area contributed by atoms with Crippen molar-refractivity contribution in [2.24, 2.45) is 0 Å². The van der Waals surface area contributed by atoms with E-state index in [2.05, 4.69) is 0 Å². The first kappa shape index (κ1) is 15.8. The van der Waals surface area contributed by atoms with E-state index in [0.717, 1.165) is 0 Å². The van der Waals surface area contributed by atoms with Crippen molar-refractivity contribution >= 4 is 16.9 Å². The van der Waals surface area contributed by atoms with Crippen molar-refractivity contribution in [3.63, 3.8) is 0 Å². The van der Waals surface area contributed by atoms with Gasteiger partial charge in [0.15, 0.2) is 0 Å². The van der Waals surface area contributed by atoms with E-state index in [1.165, 1.54) is 13.2 Å². The highest BCUT2D eigenvalue weighted by Gasteiger charge is 2.08. The third-order valence-electron chi connectivity index (χ3n) is 3.09. The Labute approximate surface area is 126 Å². The molecule has 0 saturated carbocycles. The highest BCUT2D eigenvalue weighted by Crippen LogP contribution is 2.27. The first-order valence-corrected chi connectivity index (χ1v) is 6.81. The Morgan fingerprint density at radius 2 is 2.14 bits per heavy atom. The SMILES string of the molecule is COc1ccc2c(OCCCCC(=O)NO)cc(=O)oc2c1. The van der Waals surface area contributed by atoms with E-state index in [9.17, 15) is 9.59 Å². The fourth-order valence-corrected chi connectivity index (χ4v) is 1.99. The molecule has 0 spiro atoms. The van der Waals surface area contributed by atoms with Gasteiger partial charge in [0.2, 0.25) is 5.91 Å². The second kappa shape index (κ2) is 7.46. The van der Waals surface area contributed by atoms with Crippen LogP contribution >= 0.6 is 0 Å². The van der Waals surface area contributed by atoms with Crippen LogP contribution in [-0.4, -0.2) is 24.8 Å². The van der Waals surface area contributed by atoms with Gasteiger partial charge >= 0.3 is 5.63 Å². The smallest absolute Gasteiger partial charge is 0.339 e. The quantitative estimate of drug-likeness (QED) is 0.351. The van der Waals surface area contributed by atoms with Gasteiger partial charge in [-0.15, -0.1) is 0 Å². The van der Waals surface area contributed by atoms with Gasteiger partial charge in [0, 0.05) is 12.5 Å². The van der Waals surface area contributed by atoms with Crippen molar-refractivity contribution in [2.45, 2.75) is 19.3 Å². The first-order chi connectivity index (χ1) is 10.6. The highest BCUT2D eigenvalue weighted by atomic mass is 16.5. The highest BCUT2D eigenvalue weighted by molar-refractivity contribution is 5.84. The lowest BCUT2D eigenvalue weighted by molar-refractivity contribution is -0.129. The number of hydrogen-bond donors (Lipinski definition) is 2. The molecule has 0 aliphatic heterocycles. The molecular weight excluding hydrogens is 290 g/mol. The zero-order valence-corrected chi connectivity index (χ0v) is 12.1. The number of ether oxygens (including phenoxy) is 2. The van der Waals surface area contributed by atoms with Crippen LogP contribution in [0.2, 0.25) is 0 Å². The van der Waals surface area contributed by atoms with Crippen LogP contribution in [0.3, 0.4) is 0 Å². The molecular formula is C15H17NO6. The van der Waals surface area contributed by atoms with Crippen molar-refractivity contribution in [3.05, 3.63) is 34.7 Å². The zero-order chi connectivity index (χ0) is 15.9. The number of fused-ring (bicyclic) bond motifs is 1. The topological polar surface area (TPSA) is 98.0 Å². The first-order valence-electron chi connectivity index (χ1n) is 6.81. The van der Waals surface area contributed by atoms with E-state index >= 15 is 0 Å². The van der Waals surface area contributed by atoms with E-state index in [1.807, 2.05) is 0 Å². The van der Waals surface area contributed by atoms with Crippen LogP contribution in [0.25, 0.3) is 11.0 Å². The lowest BCUT2D eigenvalue weighted by Gasteiger charge is -2.09. The van der Waals surface area contributed by atoms with Crippen LogP contribution in [0.1, 0.15) is 19.3 Å². The average Bonchev–Trinajstić information content (AvgIpc) is 2.53. The van der Waals surface area contributed by atoms with Crippen molar-refractivity contribution in [1.29, 1.82) is 0 Å². The number of benzene rings is 1. The van der Waals surface area contributed by atoms with Gasteiger partial charge in [-0.25, -0.2) is 10.3 Å². The molecule has 0 aliphatic rings. The summed E-state index contributed by atoms with van der Waals surface area (Å²) in [7, 11) is 1.53. The van der Waals surface area contributed by atoms with Crippen molar-refractivity contribution < 1.29 is 23.9 Å². The number of rotatable bonds is 7. The molecule has 0 fully saturated rings. The molecule has 0 saturated heterocycles. The lowest BCUT2D eigenvalue weighted by atomic mass is 10.2. The summed E-state index contributed by atoms with van der Waals surface area (Å²) in [4.78, 5) is 22.4. The molecule has 0 aliphatic carbocycles. The number of hydrogen-bond acceptors (Lipinski definition) is 6. The molecule has 2 aromatic rings. The number of carbonyl (C=O) groups excluding carboxylic acids is 1. The molecule has 2 rings (SSSR count). The maximum Gasteiger partial charge on any atom is 0.339 e. The average molecular weight is 307 g/mol. The van der Waals surface area contributed by atoms with Gasteiger partial charge in [0.05, 0.1) is 25.2 Å². The van der Waals surface area contributed by atoms with Crippen LogP contribution in [0.4, 0.5) is 0 Å². The Morgan fingerprint density at radius 3 is 2.86 bits per heavy atom. The molecule has 2 N–H and O–H groups in total. The Hall–Kier alpha value is -2.54. The zero-order valence-electron chi connectivity index (χ0n) is 12.1. The van der Waals surface area contributed by atoms with Crippen LogP contribution in [0.15, 0.2) is 33.5 Å². The second-order valence-electron chi connectivity index (χ2n) is 4.63. The summed E-state index contributed by atoms with van der Waals surface area (Å²) in [6.45, 7) is 0.350. The summed E-state index contributed by atoms with van der Waals surface area (Å²) in [5, 5.41) is 9.05. The van der Waals surface area contributed by atoms with Gasteiger partial charge in [-0.05, 0) is 25.0 Å². The summed E-state index contributed by atoms with van der Waals surface area (Å²) in [6.07, 6.45) is 1.40. The van der Waals surface area contributed by atoms with Crippen molar-refractivity contribution in [1.82, 2.24) is 5.48 Å². The van der Waals surface area contributed by atoms with Crippen LogP contribution in [0, 0.1) is 0 Å². The summed E-state index contributed by atoms with van der Waals surface area (Å²) >= 11 is 0. The van der Waals surface area contributed by atoms with Crippen LogP contribution in [-0.2, 0) is 4.79 Å². The fourth-order valence-electron chi connectivity index (χ4n) is 1.99. The third kappa shape index (κ3) is 3.98. The Kier molecular flexibility index (Phi) is 5.37. The molecule has 0 unspecified atom stereocenters. The molecule has 1 aromatic heterocycles. The number of hydroxylamine groups is 1. The maximum absolute atomic E-state index is 11.6. The number of nitrogens with one attached hydrogen (secondary N) is 1. The van der Waals surface area contributed by atoms with Gasteiger partial charge in [-0.3, -0.25) is 10.0 Å². The number of amides is 1. The molecule has 7 nitrogen and oxygen atoms in total. The predicted octanol–water partition coefficient (Wildman–Crippen LogP) is 1.86. The predicted molar refractivity (Wildman–Crippen MR) is 78.3 cm³/mol. The summed E-state index contributed by atoms with van der Waals surface area (Å²) in [5.41, 5.74) is 1.46. The molecule has 1 heterocycles.